The Labute approximate surface area is 120 Å². The van der Waals surface area contributed by atoms with Crippen molar-refractivity contribution in [3.63, 3.8) is 0 Å². The number of rotatable bonds is 7. The lowest BCUT2D eigenvalue weighted by molar-refractivity contribution is -0.144. The van der Waals surface area contributed by atoms with Gasteiger partial charge in [-0.05, 0) is 38.6 Å². The zero-order valence-electron chi connectivity index (χ0n) is 12.4. The predicted molar refractivity (Wildman–Crippen MR) is 77.8 cm³/mol. The van der Waals surface area contributed by atoms with E-state index in [4.69, 9.17) is 0 Å². The third-order valence-electron chi connectivity index (χ3n) is 4.23. The number of hydrogen-bond donors (Lipinski definition) is 2. The molecule has 20 heavy (non-hydrogen) atoms. The number of aromatic nitrogens is 2. The van der Waals surface area contributed by atoms with Gasteiger partial charge in [0.1, 0.15) is 11.4 Å². The monoisotopic (exact) mass is 279 g/mol. The average molecular weight is 279 g/mol. The molecule has 112 valence electrons. The Hall–Kier alpha value is -1.36. The number of imidazole rings is 1. The van der Waals surface area contributed by atoms with E-state index in [1.165, 1.54) is 0 Å². The Balaban J connectivity index is 2.13. The molecule has 2 N–H and O–H groups in total. The van der Waals surface area contributed by atoms with Gasteiger partial charge in [-0.25, -0.2) is 4.98 Å². The molecule has 2 atom stereocenters. The van der Waals surface area contributed by atoms with Crippen molar-refractivity contribution < 1.29 is 9.90 Å². The van der Waals surface area contributed by atoms with E-state index in [0.717, 1.165) is 38.1 Å². The van der Waals surface area contributed by atoms with E-state index in [1.54, 1.807) is 0 Å². The summed E-state index contributed by atoms with van der Waals surface area (Å²) in [5.41, 5.74) is -0.756. The summed E-state index contributed by atoms with van der Waals surface area (Å²) in [5, 5.41) is 12.8. The first kappa shape index (κ1) is 15.0. The highest BCUT2D eigenvalue weighted by molar-refractivity contribution is 5.79. The Kier molecular flexibility index (Phi) is 4.81. The quantitative estimate of drug-likeness (QED) is 0.804. The molecule has 5 heteroatoms. The van der Waals surface area contributed by atoms with Crippen LogP contribution in [0, 0.1) is 0 Å². The number of aryl methyl sites for hydroxylation is 1. The second-order valence-corrected chi connectivity index (χ2v) is 5.71. The Morgan fingerprint density at radius 3 is 3.00 bits per heavy atom. The molecule has 1 aromatic rings. The van der Waals surface area contributed by atoms with E-state index >= 15 is 0 Å². The number of carboxylic acid groups (broad SMARTS) is 1. The summed E-state index contributed by atoms with van der Waals surface area (Å²) in [6.45, 7) is 4.95. The summed E-state index contributed by atoms with van der Waals surface area (Å²) in [4.78, 5) is 16.1. The van der Waals surface area contributed by atoms with Crippen LogP contribution < -0.4 is 5.32 Å². The largest absolute Gasteiger partial charge is 0.480 e. The molecule has 0 spiro atoms. The first-order valence-corrected chi connectivity index (χ1v) is 7.63. The number of nitrogens with zero attached hydrogens (tertiary/aromatic N) is 2. The Morgan fingerprint density at radius 2 is 2.35 bits per heavy atom. The van der Waals surface area contributed by atoms with Gasteiger partial charge < -0.3 is 15.0 Å². The van der Waals surface area contributed by atoms with Crippen LogP contribution >= 0.6 is 0 Å². The van der Waals surface area contributed by atoms with Crippen LogP contribution in [0.5, 0.6) is 0 Å². The molecule has 1 heterocycles. The summed E-state index contributed by atoms with van der Waals surface area (Å²) in [6.07, 6.45) is 9.01. The molecule has 1 aliphatic rings. The lowest BCUT2D eigenvalue weighted by Crippen LogP contribution is -2.50. The van der Waals surface area contributed by atoms with Crippen molar-refractivity contribution in [3.05, 3.63) is 18.2 Å². The topological polar surface area (TPSA) is 67.2 Å². The van der Waals surface area contributed by atoms with Gasteiger partial charge in [0.25, 0.3) is 0 Å². The standard InChI is InChI=1S/C15H25N3O2/c1-3-5-13-16-9-10-18(13)12-6-7-15(11-12,14(19)20)17-8-4-2/h9-10,12,17H,3-8,11H2,1-2H3,(H,19,20). The fourth-order valence-corrected chi connectivity index (χ4v) is 3.15. The molecule has 0 aromatic carbocycles. The molecule has 0 bridgehead atoms. The fraction of sp³-hybridized carbons (Fsp3) is 0.733. The average Bonchev–Trinajstić information content (AvgIpc) is 3.04. The van der Waals surface area contributed by atoms with Crippen molar-refractivity contribution in [2.24, 2.45) is 0 Å². The highest BCUT2D eigenvalue weighted by Gasteiger charge is 2.45. The zero-order valence-corrected chi connectivity index (χ0v) is 12.4. The molecule has 0 aliphatic heterocycles. The van der Waals surface area contributed by atoms with E-state index in [1.807, 2.05) is 12.4 Å². The second kappa shape index (κ2) is 6.39. The highest BCUT2D eigenvalue weighted by atomic mass is 16.4. The molecule has 1 fully saturated rings. The molecular formula is C15H25N3O2. The van der Waals surface area contributed by atoms with Crippen LogP contribution in [0.3, 0.4) is 0 Å². The van der Waals surface area contributed by atoms with Crippen LogP contribution in [0.4, 0.5) is 0 Å². The first-order valence-electron chi connectivity index (χ1n) is 7.63. The summed E-state index contributed by atoms with van der Waals surface area (Å²) < 4.78 is 2.18. The minimum atomic E-state index is -0.756. The van der Waals surface area contributed by atoms with Crippen molar-refractivity contribution in [3.8, 4) is 0 Å². The summed E-state index contributed by atoms with van der Waals surface area (Å²) >= 11 is 0. The van der Waals surface area contributed by atoms with Crippen LogP contribution in [-0.2, 0) is 11.2 Å². The third-order valence-corrected chi connectivity index (χ3v) is 4.23. The van der Waals surface area contributed by atoms with Gasteiger partial charge in [0.2, 0.25) is 0 Å². The van der Waals surface area contributed by atoms with Gasteiger partial charge in [0.15, 0.2) is 0 Å². The molecule has 1 saturated carbocycles. The van der Waals surface area contributed by atoms with E-state index in [2.05, 4.69) is 28.7 Å². The fourth-order valence-electron chi connectivity index (χ4n) is 3.15. The minimum absolute atomic E-state index is 0.250. The molecule has 0 radical (unpaired) electrons. The zero-order chi connectivity index (χ0) is 14.6. The van der Waals surface area contributed by atoms with Gasteiger partial charge in [0, 0.05) is 24.9 Å². The second-order valence-electron chi connectivity index (χ2n) is 5.71. The van der Waals surface area contributed by atoms with Crippen LogP contribution in [0.2, 0.25) is 0 Å². The maximum absolute atomic E-state index is 11.7. The summed E-state index contributed by atoms with van der Waals surface area (Å²) in [6, 6.07) is 0.250. The van der Waals surface area contributed by atoms with Crippen molar-refractivity contribution >= 4 is 5.97 Å². The summed E-state index contributed by atoms with van der Waals surface area (Å²) in [7, 11) is 0. The normalized spacial score (nSPS) is 26.0. The van der Waals surface area contributed by atoms with Gasteiger partial charge in [-0.3, -0.25) is 4.79 Å². The van der Waals surface area contributed by atoms with Crippen LogP contribution in [-0.4, -0.2) is 32.7 Å². The molecule has 0 saturated heterocycles. The molecule has 1 aliphatic carbocycles. The number of aliphatic carboxylic acids is 1. The Bertz CT molecular complexity index is 458. The number of carboxylic acids is 1. The molecular weight excluding hydrogens is 254 g/mol. The van der Waals surface area contributed by atoms with E-state index in [0.29, 0.717) is 12.8 Å². The van der Waals surface area contributed by atoms with Crippen molar-refractivity contribution in [1.82, 2.24) is 14.9 Å². The summed E-state index contributed by atoms with van der Waals surface area (Å²) in [5.74, 6) is 0.361. The van der Waals surface area contributed by atoms with Crippen molar-refractivity contribution in [1.29, 1.82) is 0 Å². The molecule has 5 nitrogen and oxygen atoms in total. The van der Waals surface area contributed by atoms with Crippen LogP contribution in [0.25, 0.3) is 0 Å². The Morgan fingerprint density at radius 1 is 1.55 bits per heavy atom. The number of nitrogens with one attached hydrogen (secondary N) is 1. The lowest BCUT2D eigenvalue weighted by Gasteiger charge is -2.26. The van der Waals surface area contributed by atoms with Crippen molar-refractivity contribution in [2.45, 2.75) is 64.0 Å². The van der Waals surface area contributed by atoms with Gasteiger partial charge in [-0.2, -0.15) is 0 Å². The van der Waals surface area contributed by atoms with Crippen LogP contribution in [0.15, 0.2) is 12.4 Å². The molecule has 1 aromatic heterocycles. The van der Waals surface area contributed by atoms with Crippen molar-refractivity contribution in [2.75, 3.05) is 6.54 Å². The maximum atomic E-state index is 11.7. The smallest absolute Gasteiger partial charge is 0.323 e. The third kappa shape index (κ3) is 2.87. The van der Waals surface area contributed by atoms with Gasteiger partial charge in [-0.1, -0.05) is 13.8 Å². The molecule has 2 unspecified atom stereocenters. The highest BCUT2D eigenvalue weighted by Crippen LogP contribution is 2.38. The number of hydrogen-bond acceptors (Lipinski definition) is 3. The van der Waals surface area contributed by atoms with Crippen LogP contribution in [0.1, 0.15) is 57.8 Å². The van der Waals surface area contributed by atoms with E-state index < -0.39 is 11.5 Å². The number of carbonyl (C=O) groups is 1. The lowest BCUT2D eigenvalue weighted by atomic mass is 9.97. The van der Waals surface area contributed by atoms with Gasteiger partial charge in [0.05, 0.1) is 0 Å². The predicted octanol–water partition coefficient (Wildman–Crippen LogP) is 2.38. The van der Waals surface area contributed by atoms with Gasteiger partial charge >= 0.3 is 5.97 Å². The minimum Gasteiger partial charge on any atom is -0.480 e. The van der Waals surface area contributed by atoms with E-state index in [-0.39, 0.29) is 6.04 Å². The first-order chi connectivity index (χ1) is 9.63. The van der Waals surface area contributed by atoms with E-state index in [9.17, 15) is 9.90 Å². The maximum Gasteiger partial charge on any atom is 0.323 e. The molecule has 2 rings (SSSR count). The molecule has 0 amide bonds. The van der Waals surface area contributed by atoms with Gasteiger partial charge in [-0.15, -0.1) is 0 Å². The SMILES string of the molecule is CCCNC1(C(=O)O)CCC(n2ccnc2CCC)C1.